The molecule has 0 spiro atoms. The summed E-state index contributed by atoms with van der Waals surface area (Å²) in [5.74, 6) is -2.37. The highest BCUT2D eigenvalue weighted by Crippen LogP contribution is 2.31. The summed E-state index contributed by atoms with van der Waals surface area (Å²) in [4.78, 5) is 11.9. The summed E-state index contributed by atoms with van der Waals surface area (Å²) in [5, 5.41) is 30.5. The van der Waals surface area contributed by atoms with Crippen LogP contribution >= 0.6 is 0 Å². The maximum absolute atomic E-state index is 13.2. The third-order valence-electron chi connectivity index (χ3n) is 4.47. The first kappa shape index (κ1) is 18.3. The molecular formula is C22H18FNO3. The average molecular weight is 363 g/mol. The summed E-state index contributed by atoms with van der Waals surface area (Å²) >= 11 is 0. The number of carboxylic acid groups (broad SMARTS) is 1. The Morgan fingerprint density at radius 3 is 2.30 bits per heavy atom. The first-order valence-electron chi connectivity index (χ1n) is 8.46. The molecule has 4 nitrogen and oxygen atoms in total. The number of carbonyl (C=O) groups is 1. The van der Waals surface area contributed by atoms with E-state index in [4.69, 9.17) is 5.41 Å². The van der Waals surface area contributed by atoms with Crippen LogP contribution in [0.4, 0.5) is 4.39 Å². The summed E-state index contributed by atoms with van der Waals surface area (Å²) < 4.78 is 13.2. The van der Waals surface area contributed by atoms with Gasteiger partial charge in [-0.25, -0.2) is 9.18 Å². The van der Waals surface area contributed by atoms with Crippen LogP contribution in [0.5, 0.6) is 0 Å². The molecule has 27 heavy (non-hydrogen) atoms. The molecule has 3 aromatic rings. The highest BCUT2D eigenvalue weighted by molar-refractivity contribution is 6.29. The van der Waals surface area contributed by atoms with Crippen molar-refractivity contribution < 1.29 is 19.4 Å². The normalized spacial score (nSPS) is 11.9. The molecule has 0 amide bonds. The van der Waals surface area contributed by atoms with Gasteiger partial charge in [0, 0.05) is 11.1 Å². The van der Waals surface area contributed by atoms with Crippen LogP contribution < -0.4 is 0 Å². The number of aliphatic hydroxyl groups is 1. The topological polar surface area (TPSA) is 81.4 Å². The fourth-order valence-electron chi connectivity index (χ4n) is 3.10. The zero-order valence-electron chi connectivity index (χ0n) is 14.7. The Hall–Kier alpha value is -3.47. The Morgan fingerprint density at radius 2 is 1.67 bits per heavy atom. The summed E-state index contributed by atoms with van der Waals surface area (Å²) in [7, 11) is 0. The number of carboxylic acids is 1. The van der Waals surface area contributed by atoms with E-state index in [2.05, 4.69) is 0 Å². The number of fused-ring (bicyclic) bond motifs is 1. The molecular weight excluding hydrogens is 345 g/mol. The van der Waals surface area contributed by atoms with Crippen LogP contribution in [0.1, 0.15) is 23.6 Å². The molecule has 0 heterocycles. The first-order chi connectivity index (χ1) is 12.9. The highest BCUT2D eigenvalue weighted by atomic mass is 19.1. The van der Waals surface area contributed by atoms with Gasteiger partial charge in [0.15, 0.2) is 0 Å². The van der Waals surface area contributed by atoms with Crippen LogP contribution in [0.3, 0.4) is 0 Å². The van der Waals surface area contributed by atoms with Gasteiger partial charge in [-0.1, -0.05) is 43.3 Å². The fourth-order valence-corrected chi connectivity index (χ4v) is 3.10. The molecule has 0 radical (unpaired) electrons. The average Bonchev–Trinajstić information content (AvgIpc) is 2.67. The minimum atomic E-state index is -1.42. The number of aliphatic carboxylic acids is 1. The van der Waals surface area contributed by atoms with Crippen molar-refractivity contribution in [2.45, 2.75) is 13.3 Å². The van der Waals surface area contributed by atoms with Crippen molar-refractivity contribution in [3.05, 3.63) is 88.7 Å². The maximum atomic E-state index is 13.2. The maximum Gasteiger partial charge on any atom is 0.341 e. The van der Waals surface area contributed by atoms with Gasteiger partial charge in [-0.15, -0.1) is 0 Å². The van der Waals surface area contributed by atoms with Gasteiger partial charge in [-0.2, -0.15) is 0 Å². The summed E-state index contributed by atoms with van der Waals surface area (Å²) in [5.41, 5.74) is 0.484. The van der Waals surface area contributed by atoms with Crippen molar-refractivity contribution in [3.63, 3.8) is 0 Å². The number of hydrogen-bond acceptors (Lipinski definition) is 3. The number of aryl methyl sites for hydroxylation is 1. The van der Waals surface area contributed by atoms with E-state index in [1.165, 1.54) is 12.1 Å². The first-order valence-corrected chi connectivity index (χ1v) is 8.46. The second-order valence-electron chi connectivity index (χ2n) is 6.09. The highest BCUT2D eigenvalue weighted by Gasteiger charge is 2.24. The van der Waals surface area contributed by atoms with Gasteiger partial charge in [-0.3, -0.25) is 5.41 Å². The van der Waals surface area contributed by atoms with Gasteiger partial charge in [0.1, 0.15) is 17.1 Å². The predicted molar refractivity (Wildman–Crippen MR) is 104 cm³/mol. The van der Waals surface area contributed by atoms with Crippen LogP contribution in [-0.2, 0) is 11.2 Å². The molecule has 3 aromatic carbocycles. The van der Waals surface area contributed by atoms with Gasteiger partial charge < -0.3 is 10.2 Å². The van der Waals surface area contributed by atoms with Crippen molar-refractivity contribution in [2.75, 3.05) is 0 Å². The molecule has 0 aliphatic rings. The van der Waals surface area contributed by atoms with Crippen LogP contribution in [-0.4, -0.2) is 21.9 Å². The van der Waals surface area contributed by atoms with Crippen LogP contribution in [0.2, 0.25) is 0 Å². The third kappa shape index (κ3) is 3.44. The van der Waals surface area contributed by atoms with Crippen LogP contribution in [0.25, 0.3) is 16.5 Å². The van der Waals surface area contributed by atoms with E-state index in [1.807, 2.05) is 37.3 Å². The molecule has 0 saturated heterocycles. The van der Waals surface area contributed by atoms with E-state index in [0.29, 0.717) is 17.4 Å². The molecule has 0 aliphatic heterocycles. The van der Waals surface area contributed by atoms with E-state index in [1.54, 1.807) is 6.07 Å². The van der Waals surface area contributed by atoms with E-state index in [9.17, 15) is 19.4 Å². The number of aliphatic hydroxyl groups excluding tert-OH is 1. The second-order valence-corrected chi connectivity index (χ2v) is 6.09. The van der Waals surface area contributed by atoms with Crippen molar-refractivity contribution in [1.29, 1.82) is 5.41 Å². The van der Waals surface area contributed by atoms with Gasteiger partial charge in [0.25, 0.3) is 0 Å². The lowest BCUT2D eigenvalue weighted by Gasteiger charge is -2.15. The molecule has 0 fully saturated rings. The van der Waals surface area contributed by atoms with E-state index in [0.717, 1.165) is 23.1 Å². The van der Waals surface area contributed by atoms with E-state index < -0.39 is 23.1 Å². The third-order valence-corrected chi connectivity index (χ3v) is 4.47. The lowest BCUT2D eigenvalue weighted by atomic mass is 9.92. The Balaban J connectivity index is 2.28. The smallest absolute Gasteiger partial charge is 0.341 e. The lowest BCUT2D eigenvalue weighted by molar-refractivity contribution is -0.132. The van der Waals surface area contributed by atoms with Gasteiger partial charge in [0.2, 0.25) is 0 Å². The zero-order chi connectivity index (χ0) is 19.6. The molecule has 5 heteroatoms. The monoisotopic (exact) mass is 363 g/mol. The van der Waals surface area contributed by atoms with E-state index in [-0.39, 0.29) is 11.3 Å². The quantitative estimate of drug-likeness (QED) is 0.340. The minimum Gasteiger partial charge on any atom is -0.506 e. The molecule has 0 bridgehead atoms. The van der Waals surface area contributed by atoms with Crippen molar-refractivity contribution in [2.24, 2.45) is 0 Å². The predicted octanol–water partition coefficient (Wildman–Crippen LogP) is 4.96. The summed E-state index contributed by atoms with van der Waals surface area (Å²) in [6, 6.07) is 16.0. The molecule has 0 atom stereocenters. The molecule has 136 valence electrons. The minimum absolute atomic E-state index is 0.207. The molecule has 0 aliphatic carbocycles. The van der Waals surface area contributed by atoms with Crippen molar-refractivity contribution in [1.82, 2.24) is 0 Å². The SMILES string of the molecule is CCc1ccc2ccccc2c1C(O)=C(C(=N)c1ccc(F)cc1)C(=O)O. The van der Waals surface area contributed by atoms with E-state index >= 15 is 0 Å². The number of benzene rings is 3. The summed E-state index contributed by atoms with van der Waals surface area (Å²) in [6.07, 6.45) is 0.584. The molecule has 3 N–H and O–H groups in total. The Bertz CT molecular complexity index is 1070. The fraction of sp³-hybridized carbons (Fsp3) is 0.0909. The zero-order valence-corrected chi connectivity index (χ0v) is 14.7. The molecule has 0 saturated carbocycles. The Morgan fingerprint density at radius 1 is 1.00 bits per heavy atom. The lowest BCUT2D eigenvalue weighted by Crippen LogP contribution is -2.16. The molecule has 3 rings (SSSR count). The molecule has 0 unspecified atom stereocenters. The van der Waals surface area contributed by atoms with Gasteiger partial charge in [-0.05, 0) is 47.0 Å². The number of rotatable bonds is 5. The largest absolute Gasteiger partial charge is 0.506 e. The van der Waals surface area contributed by atoms with Gasteiger partial charge in [0.05, 0.1) is 5.71 Å². The summed E-state index contributed by atoms with van der Waals surface area (Å²) in [6.45, 7) is 1.91. The van der Waals surface area contributed by atoms with Gasteiger partial charge >= 0.3 is 5.97 Å². The molecule has 0 aromatic heterocycles. The van der Waals surface area contributed by atoms with Crippen molar-refractivity contribution >= 4 is 28.2 Å². The second kappa shape index (κ2) is 7.41. The van der Waals surface area contributed by atoms with Crippen LogP contribution in [0.15, 0.2) is 66.2 Å². The standard InChI is InChI=1S/C22H18FNO3/c1-2-13-7-8-14-5-3-4-6-17(14)18(13)21(25)19(22(26)27)20(24)15-9-11-16(23)12-10-15/h3-12,24-25H,2H2,1H3,(H,26,27). The number of hydrogen-bond donors (Lipinski definition) is 3. The van der Waals surface area contributed by atoms with Crippen LogP contribution in [0, 0.1) is 11.2 Å². The number of nitrogens with one attached hydrogen (secondary N) is 1. The Kier molecular flexibility index (Phi) is 5.03. The van der Waals surface area contributed by atoms with Crippen molar-refractivity contribution in [3.8, 4) is 0 Å². The number of halogens is 1. The Labute approximate surface area is 155 Å².